The van der Waals surface area contributed by atoms with Crippen LogP contribution in [0, 0.1) is 0 Å². The monoisotopic (exact) mass is 177 g/mol. The van der Waals surface area contributed by atoms with Crippen LogP contribution in [-0.4, -0.2) is 24.7 Å². The second-order valence-corrected chi connectivity index (χ2v) is 3.08. The van der Waals surface area contributed by atoms with Gasteiger partial charge in [-0.25, -0.2) is 0 Å². The van der Waals surface area contributed by atoms with E-state index in [1.54, 1.807) is 6.21 Å². The van der Waals surface area contributed by atoms with Crippen LogP contribution >= 0.6 is 0 Å². The Morgan fingerprint density at radius 1 is 1.62 bits per heavy atom. The molecule has 2 aliphatic rings. The second kappa shape index (κ2) is 3.14. The lowest BCUT2D eigenvalue weighted by molar-refractivity contribution is -0.122. The van der Waals surface area contributed by atoms with E-state index >= 15 is 0 Å². The van der Waals surface area contributed by atoms with Gasteiger partial charge in [-0.1, -0.05) is 12.7 Å². The molecule has 4 heteroatoms. The number of aliphatic imine (C=N–C) groups is 1. The number of nitrogens with one attached hydrogen (secondary N) is 2. The van der Waals surface area contributed by atoms with Gasteiger partial charge in [0.15, 0.2) is 0 Å². The van der Waals surface area contributed by atoms with Crippen molar-refractivity contribution in [3.05, 3.63) is 24.0 Å². The molecule has 1 unspecified atom stereocenters. The van der Waals surface area contributed by atoms with Gasteiger partial charge in [0.2, 0.25) is 5.91 Å². The normalized spacial score (nSPS) is 27.4. The van der Waals surface area contributed by atoms with E-state index in [9.17, 15) is 4.79 Å². The lowest BCUT2D eigenvalue weighted by Crippen LogP contribution is -2.51. The molecule has 1 atom stereocenters. The van der Waals surface area contributed by atoms with E-state index in [-0.39, 0.29) is 11.9 Å². The Kier molecular flexibility index (Phi) is 1.98. The minimum Gasteiger partial charge on any atom is -0.327 e. The molecule has 0 aromatic rings. The van der Waals surface area contributed by atoms with Gasteiger partial charge in [-0.05, 0) is 0 Å². The Balaban J connectivity index is 2.12. The molecule has 0 bridgehead atoms. The molecule has 1 saturated heterocycles. The zero-order valence-corrected chi connectivity index (χ0v) is 7.21. The Bertz CT molecular complexity index is 317. The zero-order chi connectivity index (χ0) is 9.26. The van der Waals surface area contributed by atoms with Crippen LogP contribution in [0.2, 0.25) is 0 Å². The highest BCUT2D eigenvalue weighted by Crippen LogP contribution is 2.13. The molecule has 68 valence electrons. The average molecular weight is 177 g/mol. The van der Waals surface area contributed by atoms with Gasteiger partial charge >= 0.3 is 0 Å². The van der Waals surface area contributed by atoms with Crippen molar-refractivity contribution in [2.75, 3.05) is 6.54 Å². The van der Waals surface area contributed by atoms with E-state index in [2.05, 4.69) is 22.2 Å². The summed E-state index contributed by atoms with van der Waals surface area (Å²) in [5.74, 6) is -0.0680. The molecule has 0 radical (unpaired) electrons. The molecule has 2 rings (SSSR count). The number of hydrogen-bond donors (Lipinski definition) is 2. The molecule has 2 N–H and O–H groups in total. The molecule has 13 heavy (non-hydrogen) atoms. The summed E-state index contributed by atoms with van der Waals surface area (Å²) in [6, 6.07) is -0.302. The summed E-state index contributed by atoms with van der Waals surface area (Å²) < 4.78 is 0. The first-order valence-electron chi connectivity index (χ1n) is 4.22. The van der Waals surface area contributed by atoms with Gasteiger partial charge in [-0.3, -0.25) is 15.1 Å². The minimum atomic E-state index is -0.302. The molecule has 2 aliphatic heterocycles. The molecule has 1 amide bonds. The van der Waals surface area contributed by atoms with E-state index < -0.39 is 0 Å². The van der Waals surface area contributed by atoms with Gasteiger partial charge in [0.1, 0.15) is 6.04 Å². The van der Waals surface area contributed by atoms with Crippen LogP contribution in [0.3, 0.4) is 0 Å². The van der Waals surface area contributed by atoms with Crippen molar-refractivity contribution in [3.63, 3.8) is 0 Å². The quantitative estimate of drug-likeness (QED) is 0.590. The van der Waals surface area contributed by atoms with Gasteiger partial charge < -0.3 is 5.32 Å². The third-order valence-electron chi connectivity index (χ3n) is 2.05. The van der Waals surface area contributed by atoms with Crippen molar-refractivity contribution < 1.29 is 4.79 Å². The number of nitrogens with zero attached hydrogens (tertiary/aromatic N) is 1. The molecule has 0 aromatic heterocycles. The molecular weight excluding hydrogens is 166 g/mol. The van der Waals surface area contributed by atoms with Crippen LogP contribution < -0.4 is 10.6 Å². The van der Waals surface area contributed by atoms with Crippen LogP contribution in [0.15, 0.2) is 29.0 Å². The second-order valence-electron chi connectivity index (χ2n) is 3.08. The minimum absolute atomic E-state index is 0.0680. The molecule has 2 heterocycles. The lowest BCUT2D eigenvalue weighted by atomic mass is 10.1. The molecule has 0 aliphatic carbocycles. The van der Waals surface area contributed by atoms with E-state index in [1.807, 2.05) is 6.08 Å². The fraction of sp³-hybridized carbons (Fsp3) is 0.333. The maximum atomic E-state index is 11.4. The number of allylic oxidation sites excluding steroid dienone is 1. The maximum absolute atomic E-state index is 11.4. The highest BCUT2D eigenvalue weighted by molar-refractivity contribution is 5.88. The SMILES string of the molecule is C=C1CNC(C2=CCC=N2)C(=O)N1. The third-order valence-corrected chi connectivity index (χ3v) is 2.05. The van der Waals surface area contributed by atoms with Crippen LogP contribution in [0.1, 0.15) is 6.42 Å². The first-order chi connectivity index (χ1) is 6.27. The fourth-order valence-electron chi connectivity index (χ4n) is 1.42. The summed E-state index contributed by atoms with van der Waals surface area (Å²) >= 11 is 0. The zero-order valence-electron chi connectivity index (χ0n) is 7.21. The summed E-state index contributed by atoms with van der Waals surface area (Å²) in [4.78, 5) is 15.6. The average Bonchev–Trinajstić information content (AvgIpc) is 2.56. The molecule has 1 fully saturated rings. The molecule has 0 spiro atoms. The molecule has 0 saturated carbocycles. The highest BCUT2D eigenvalue weighted by Gasteiger charge is 2.27. The molecular formula is C9H11N3O. The largest absolute Gasteiger partial charge is 0.327 e. The Morgan fingerprint density at radius 2 is 2.46 bits per heavy atom. The molecule has 4 nitrogen and oxygen atoms in total. The summed E-state index contributed by atoms with van der Waals surface area (Å²) in [5, 5.41) is 5.76. The van der Waals surface area contributed by atoms with Gasteiger partial charge in [-0.2, -0.15) is 0 Å². The summed E-state index contributed by atoms with van der Waals surface area (Å²) in [7, 11) is 0. The van der Waals surface area contributed by atoms with E-state index in [4.69, 9.17) is 0 Å². The first kappa shape index (κ1) is 8.19. The fourth-order valence-corrected chi connectivity index (χ4v) is 1.42. The Morgan fingerprint density at radius 3 is 3.08 bits per heavy atom. The first-order valence-corrected chi connectivity index (χ1v) is 4.22. The van der Waals surface area contributed by atoms with Crippen LogP contribution in [0.5, 0.6) is 0 Å². The number of rotatable bonds is 1. The van der Waals surface area contributed by atoms with E-state index in [1.165, 1.54) is 0 Å². The topological polar surface area (TPSA) is 53.5 Å². The summed E-state index contributed by atoms with van der Waals surface area (Å²) in [6.45, 7) is 4.29. The van der Waals surface area contributed by atoms with Gasteiger partial charge in [0.25, 0.3) is 0 Å². The van der Waals surface area contributed by atoms with Crippen LogP contribution in [-0.2, 0) is 4.79 Å². The van der Waals surface area contributed by atoms with Crippen LogP contribution in [0.25, 0.3) is 0 Å². The predicted molar refractivity (Wildman–Crippen MR) is 50.3 cm³/mol. The van der Waals surface area contributed by atoms with Crippen LogP contribution in [0.4, 0.5) is 0 Å². The van der Waals surface area contributed by atoms with Crippen molar-refractivity contribution in [3.8, 4) is 0 Å². The van der Waals surface area contributed by atoms with E-state index in [0.717, 1.165) is 12.1 Å². The smallest absolute Gasteiger partial charge is 0.247 e. The molecule has 0 aromatic carbocycles. The predicted octanol–water partition coefficient (Wildman–Crippen LogP) is -0.0535. The highest BCUT2D eigenvalue weighted by atomic mass is 16.2. The van der Waals surface area contributed by atoms with Crippen molar-refractivity contribution in [1.29, 1.82) is 0 Å². The number of carbonyl (C=O) groups excluding carboxylic acids is 1. The van der Waals surface area contributed by atoms with E-state index in [0.29, 0.717) is 12.2 Å². The third kappa shape index (κ3) is 1.53. The summed E-state index contributed by atoms with van der Waals surface area (Å²) in [6.07, 6.45) is 4.57. The number of hydrogen-bond acceptors (Lipinski definition) is 3. The van der Waals surface area contributed by atoms with Crippen molar-refractivity contribution >= 4 is 12.1 Å². The number of carbonyl (C=O) groups is 1. The van der Waals surface area contributed by atoms with Gasteiger partial charge in [0.05, 0.1) is 5.70 Å². The maximum Gasteiger partial charge on any atom is 0.247 e. The van der Waals surface area contributed by atoms with Crippen molar-refractivity contribution in [2.45, 2.75) is 12.5 Å². The standard InChI is InChI=1S/C9H11N3O/c1-6-5-11-8(9(13)12-6)7-3-2-4-10-7/h3-4,8,11H,1-2,5H2,(H,12,13). The van der Waals surface area contributed by atoms with Gasteiger partial charge in [0, 0.05) is 24.9 Å². The number of piperazine rings is 1. The Labute approximate surface area is 76.4 Å². The lowest BCUT2D eigenvalue weighted by Gasteiger charge is -2.24. The summed E-state index contributed by atoms with van der Waals surface area (Å²) in [5.41, 5.74) is 1.52. The van der Waals surface area contributed by atoms with Crippen molar-refractivity contribution in [1.82, 2.24) is 10.6 Å². The van der Waals surface area contributed by atoms with Gasteiger partial charge in [-0.15, -0.1) is 0 Å². The Hall–Kier alpha value is -1.42. The number of amides is 1. The van der Waals surface area contributed by atoms with Crippen molar-refractivity contribution in [2.24, 2.45) is 4.99 Å².